The van der Waals surface area contributed by atoms with Crippen LogP contribution in [0.5, 0.6) is 0 Å². The van der Waals surface area contributed by atoms with Crippen LogP contribution in [0.3, 0.4) is 0 Å². The Bertz CT molecular complexity index is 1040. The first-order chi connectivity index (χ1) is 13.5. The zero-order chi connectivity index (χ0) is 20.1. The molecule has 7 heteroatoms. The van der Waals surface area contributed by atoms with E-state index in [1.165, 1.54) is 10.8 Å². The highest BCUT2D eigenvalue weighted by atomic mass is 19.1. The van der Waals surface area contributed by atoms with Crippen LogP contribution in [0.4, 0.5) is 8.78 Å². The van der Waals surface area contributed by atoms with E-state index in [1.54, 1.807) is 25.3 Å². The summed E-state index contributed by atoms with van der Waals surface area (Å²) in [6.07, 6.45) is 4.02. The van der Waals surface area contributed by atoms with Crippen LogP contribution in [0.15, 0.2) is 60.8 Å². The highest BCUT2D eigenvalue weighted by Crippen LogP contribution is 2.17. The summed E-state index contributed by atoms with van der Waals surface area (Å²) in [5.41, 5.74) is 0.793. The van der Waals surface area contributed by atoms with Gasteiger partial charge in [0.2, 0.25) is 0 Å². The third-order valence-corrected chi connectivity index (χ3v) is 3.84. The van der Waals surface area contributed by atoms with Gasteiger partial charge in [0.25, 0.3) is 0 Å². The summed E-state index contributed by atoms with van der Waals surface area (Å²) in [6, 6.07) is 11.8. The minimum absolute atomic E-state index is 0.0225. The van der Waals surface area contributed by atoms with E-state index in [0.29, 0.717) is 17.3 Å². The van der Waals surface area contributed by atoms with E-state index in [0.717, 1.165) is 18.2 Å². The molecule has 0 fully saturated rings. The fourth-order valence-electron chi connectivity index (χ4n) is 2.52. The summed E-state index contributed by atoms with van der Waals surface area (Å²) in [6.45, 7) is 1.84. The molecule has 5 nitrogen and oxygen atoms in total. The second-order valence-electron chi connectivity index (χ2n) is 5.76. The SMILES string of the molecule is CCOC(=O)c1nn(-c2ccccc2)cc1/C=C/C(=O)c1ccc(F)cc1F. The molecule has 0 radical (unpaired) electrons. The molecule has 0 bridgehead atoms. The minimum Gasteiger partial charge on any atom is -0.461 e. The Hall–Kier alpha value is -3.61. The predicted molar refractivity (Wildman–Crippen MR) is 99.2 cm³/mol. The number of halogens is 2. The number of ether oxygens (including phenoxy) is 1. The molecule has 0 saturated carbocycles. The molecule has 0 aliphatic heterocycles. The number of nitrogens with zero attached hydrogens (tertiary/aromatic N) is 2. The van der Waals surface area contributed by atoms with Gasteiger partial charge in [0.05, 0.1) is 17.9 Å². The van der Waals surface area contributed by atoms with Crippen LogP contribution in [-0.2, 0) is 4.74 Å². The van der Waals surface area contributed by atoms with E-state index in [4.69, 9.17) is 4.74 Å². The highest BCUT2D eigenvalue weighted by molar-refractivity contribution is 6.07. The van der Waals surface area contributed by atoms with Crippen molar-refractivity contribution in [2.45, 2.75) is 6.92 Å². The van der Waals surface area contributed by atoms with Crippen LogP contribution in [0, 0.1) is 11.6 Å². The molecule has 0 amide bonds. The van der Waals surface area contributed by atoms with Crippen molar-refractivity contribution in [1.82, 2.24) is 9.78 Å². The maximum Gasteiger partial charge on any atom is 0.359 e. The Morgan fingerprint density at radius 3 is 2.57 bits per heavy atom. The number of para-hydroxylation sites is 1. The molecular weight excluding hydrogens is 366 g/mol. The molecule has 0 saturated heterocycles. The summed E-state index contributed by atoms with van der Waals surface area (Å²) in [5.74, 6) is -3.04. The lowest BCUT2D eigenvalue weighted by Gasteiger charge is -2.00. The van der Waals surface area contributed by atoms with Crippen molar-refractivity contribution in [1.29, 1.82) is 0 Å². The molecule has 1 heterocycles. The smallest absolute Gasteiger partial charge is 0.359 e. The molecule has 142 valence electrons. The summed E-state index contributed by atoms with van der Waals surface area (Å²) >= 11 is 0. The van der Waals surface area contributed by atoms with Crippen LogP contribution >= 0.6 is 0 Å². The molecule has 0 aliphatic carbocycles. The first-order valence-electron chi connectivity index (χ1n) is 8.49. The van der Waals surface area contributed by atoms with Crippen molar-refractivity contribution < 1.29 is 23.1 Å². The van der Waals surface area contributed by atoms with E-state index < -0.39 is 23.4 Å². The topological polar surface area (TPSA) is 61.2 Å². The number of rotatable bonds is 6. The Balaban J connectivity index is 1.95. The zero-order valence-corrected chi connectivity index (χ0v) is 14.9. The lowest BCUT2D eigenvalue weighted by atomic mass is 10.1. The molecule has 3 aromatic rings. The normalized spacial score (nSPS) is 11.0. The fourth-order valence-corrected chi connectivity index (χ4v) is 2.52. The molecule has 1 aromatic heterocycles. The number of allylic oxidation sites excluding steroid dienone is 1. The number of carbonyl (C=O) groups excluding carboxylic acids is 2. The lowest BCUT2D eigenvalue weighted by Crippen LogP contribution is -2.08. The van der Waals surface area contributed by atoms with Crippen LogP contribution in [0.1, 0.15) is 33.3 Å². The Morgan fingerprint density at radius 2 is 1.89 bits per heavy atom. The van der Waals surface area contributed by atoms with Gasteiger partial charge in [0.15, 0.2) is 11.5 Å². The Labute approximate surface area is 159 Å². The number of hydrogen-bond donors (Lipinski definition) is 0. The average molecular weight is 382 g/mol. The number of aromatic nitrogens is 2. The lowest BCUT2D eigenvalue weighted by molar-refractivity contribution is 0.0518. The molecule has 0 N–H and O–H groups in total. The first-order valence-corrected chi connectivity index (χ1v) is 8.49. The number of hydrogen-bond acceptors (Lipinski definition) is 4. The van der Waals surface area contributed by atoms with Crippen molar-refractivity contribution in [3.8, 4) is 5.69 Å². The van der Waals surface area contributed by atoms with E-state index in [2.05, 4.69) is 5.10 Å². The predicted octanol–water partition coefficient (Wildman–Crippen LogP) is 4.22. The average Bonchev–Trinajstić information content (AvgIpc) is 3.11. The Kier molecular flexibility index (Phi) is 5.74. The van der Waals surface area contributed by atoms with Crippen LogP contribution < -0.4 is 0 Å². The molecule has 0 spiro atoms. The van der Waals surface area contributed by atoms with Gasteiger partial charge < -0.3 is 4.74 Å². The maximum absolute atomic E-state index is 13.8. The Morgan fingerprint density at radius 1 is 1.14 bits per heavy atom. The van der Waals surface area contributed by atoms with Crippen molar-refractivity contribution in [2.75, 3.05) is 6.61 Å². The van der Waals surface area contributed by atoms with E-state index >= 15 is 0 Å². The second-order valence-corrected chi connectivity index (χ2v) is 5.76. The zero-order valence-electron chi connectivity index (χ0n) is 14.9. The van der Waals surface area contributed by atoms with Crippen molar-refractivity contribution in [2.24, 2.45) is 0 Å². The molecule has 3 rings (SSSR count). The van der Waals surface area contributed by atoms with Gasteiger partial charge in [-0.3, -0.25) is 4.79 Å². The van der Waals surface area contributed by atoms with Crippen LogP contribution in [0.2, 0.25) is 0 Å². The molecule has 2 aromatic carbocycles. The standard InChI is InChI=1S/C21H16F2N2O3/c1-2-28-21(27)20-14(13-25(24-20)16-6-4-3-5-7-16)8-11-19(26)17-10-9-15(22)12-18(17)23/h3-13H,2H2,1H3/b11-8+. The fraction of sp³-hybridized carbons (Fsp3) is 0.0952. The monoisotopic (exact) mass is 382 g/mol. The van der Waals surface area contributed by atoms with Crippen LogP contribution in [-0.4, -0.2) is 28.1 Å². The number of esters is 1. The number of benzene rings is 2. The van der Waals surface area contributed by atoms with Gasteiger partial charge in [0, 0.05) is 17.8 Å². The molecule has 28 heavy (non-hydrogen) atoms. The largest absolute Gasteiger partial charge is 0.461 e. The molecule has 0 unspecified atom stereocenters. The molecular formula is C21H16F2N2O3. The summed E-state index contributed by atoms with van der Waals surface area (Å²) < 4.78 is 33.3. The quantitative estimate of drug-likeness (QED) is 0.364. The van der Waals surface area contributed by atoms with E-state index in [1.807, 2.05) is 18.2 Å². The van der Waals surface area contributed by atoms with Gasteiger partial charge >= 0.3 is 5.97 Å². The van der Waals surface area contributed by atoms with Gasteiger partial charge in [0.1, 0.15) is 11.6 Å². The van der Waals surface area contributed by atoms with Gasteiger partial charge in [-0.15, -0.1) is 0 Å². The highest BCUT2D eigenvalue weighted by Gasteiger charge is 2.18. The van der Waals surface area contributed by atoms with E-state index in [-0.39, 0.29) is 17.9 Å². The number of ketones is 1. The molecule has 0 aliphatic rings. The second kappa shape index (κ2) is 8.39. The first kappa shape index (κ1) is 19.2. The van der Waals surface area contributed by atoms with Crippen molar-refractivity contribution in [3.05, 3.63) is 89.3 Å². The molecule has 0 atom stereocenters. The van der Waals surface area contributed by atoms with E-state index in [9.17, 15) is 18.4 Å². The van der Waals surface area contributed by atoms with Gasteiger partial charge in [-0.1, -0.05) is 18.2 Å². The third kappa shape index (κ3) is 4.20. The van der Waals surface area contributed by atoms with Crippen molar-refractivity contribution in [3.63, 3.8) is 0 Å². The van der Waals surface area contributed by atoms with Gasteiger partial charge in [-0.25, -0.2) is 18.3 Å². The maximum atomic E-state index is 13.8. The third-order valence-electron chi connectivity index (χ3n) is 3.84. The van der Waals surface area contributed by atoms with Gasteiger partial charge in [-0.2, -0.15) is 5.10 Å². The summed E-state index contributed by atoms with van der Waals surface area (Å²) in [4.78, 5) is 24.4. The summed E-state index contributed by atoms with van der Waals surface area (Å²) in [7, 11) is 0. The summed E-state index contributed by atoms with van der Waals surface area (Å²) in [5, 5.41) is 4.23. The van der Waals surface area contributed by atoms with Crippen LogP contribution in [0.25, 0.3) is 11.8 Å². The van der Waals surface area contributed by atoms with Crippen molar-refractivity contribution >= 4 is 17.8 Å². The minimum atomic E-state index is -0.958. The number of carbonyl (C=O) groups is 2. The van der Waals surface area contributed by atoms with Gasteiger partial charge in [-0.05, 0) is 43.3 Å².